The number of sulfonamides is 1. The van der Waals surface area contributed by atoms with Crippen LogP contribution in [0, 0.1) is 12.8 Å². The van der Waals surface area contributed by atoms with Gasteiger partial charge in [0.1, 0.15) is 5.82 Å². The number of benzene rings is 1. The number of thiazole rings is 1. The van der Waals surface area contributed by atoms with Gasteiger partial charge in [-0.25, -0.2) is 18.4 Å². The van der Waals surface area contributed by atoms with Crippen LogP contribution in [0.25, 0.3) is 10.2 Å². The molecule has 1 aliphatic rings. The molecule has 1 aliphatic heterocycles. The number of rotatable bonds is 7. The normalized spacial score (nSPS) is 16.0. The molecule has 0 atom stereocenters. The molecule has 0 radical (unpaired) electrons. The molecule has 3 heterocycles. The number of anilines is 1. The number of methoxy groups -OCH3 is 1. The van der Waals surface area contributed by atoms with Gasteiger partial charge < -0.3 is 9.30 Å². The number of carbonyl (C=O) groups is 1. The summed E-state index contributed by atoms with van der Waals surface area (Å²) in [5.41, 5.74) is 0.856. The monoisotopic (exact) mass is 477 g/mol. The lowest BCUT2D eigenvalue weighted by atomic mass is 9.96. The van der Waals surface area contributed by atoms with Crippen molar-refractivity contribution < 1.29 is 17.9 Å². The van der Waals surface area contributed by atoms with Crippen LogP contribution in [0.5, 0.6) is 0 Å². The number of fused-ring (bicyclic) bond motifs is 1. The number of piperidine rings is 1. The molecule has 0 saturated carbocycles. The van der Waals surface area contributed by atoms with Crippen LogP contribution in [0.4, 0.5) is 5.13 Å². The third-order valence-corrected chi connectivity index (χ3v) is 8.62. The summed E-state index contributed by atoms with van der Waals surface area (Å²) >= 11 is 1.48. The van der Waals surface area contributed by atoms with E-state index in [0.717, 1.165) is 10.2 Å². The van der Waals surface area contributed by atoms with Crippen LogP contribution in [0.2, 0.25) is 0 Å². The van der Waals surface area contributed by atoms with Crippen LogP contribution in [0.3, 0.4) is 0 Å². The van der Waals surface area contributed by atoms with Gasteiger partial charge in [-0.05, 0) is 31.9 Å². The van der Waals surface area contributed by atoms with Crippen LogP contribution in [0.1, 0.15) is 18.7 Å². The number of aromatic nitrogens is 3. The van der Waals surface area contributed by atoms with E-state index >= 15 is 0 Å². The lowest BCUT2D eigenvalue weighted by Crippen LogP contribution is -2.45. The first kappa shape index (κ1) is 22.8. The van der Waals surface area contributed by atoms with Gasteiger partial charge in [0.15, 0.2) is 10.2 Å². The second kappa shape index (κ2) is 9.26. The molecule has 4 rings (SSSR count). The number of aryl methyl sites for hydroxylation is 2. The van der Waals surface area contributed by atoms with Crippen molar-refractivity contribution in [3.8, 4) is 0 Å². The van der Waals surface area contributed by atoms with E-state index in [1.54, 1.807) is 30.5 Å². The van der Waals surface area contributed by atoms with Crippen LogP contribution in [0.15, 0.2) is 35.5 Å². The largest absolute Gasteiger partial charge is 0.383 e. The van der Waals surface area contributed by atoms with E-state index in [2.05, 4.69) is 9.97 Å². The minimum absolute atomic E-state index is 0.0353. The van der Waals surface area contributed by atoms with Gasteiger partial charge >= 0.3 is 0 Å². The first-order chi connectivity index (χ1) is 15.3. The lowest BCUT2D eigenvalue weighted by molar-refractivity contribution is -0.123. The summed E-state index contributed by atoms with van der Waals surface area (Å²) in [7, 11) is -0.303. The smallest absolute Gasteiger partial charge is 0.262 e. The highest BCUT2D eigenvalue weighted by molar-refractivity contribution is 7.89. The van der Waals surface area contributed by atoms with Gasteiger partial charge in [0, 0.05) is 39.4 Å². The van der Waals surface area contributed by atoms with Gasteiger partial charge in [-0.2, -0.15) is 4.31 Å². The Balaban J connectivity index is 1.48. The summed E-state index contributed by atoms with van der Waals surface area (Å²) < 4.78 is 35.3. The van der Waals surface area contributed by atoms with Gasteiger partial charge in [-0.3, -0.25) is 9.69 Å². The second-order valence-electron chi connectivity index (χ2n) is 7.86. The SMILES string of the molecule is COCCN(C(=O)C1CCN(S(=O)(=O)c2cn(C)c(C)n2)CC1)c1nc2ccccc2s1. The maximum atomic E-state index is 13.4. The Morgan fingerprint density at radius 3 is 2.59 bits per heavy atom. The molecule has 2 aromatic heterocycles. The average molecular weight is 478 g/mol. The summed E-state index contributed by atoms with van der Waals surface area (Å²) in [5.74, 6) is 0.334. The van der Waals surface area contributed by atoms with Gasteiger partial charge in [0.2, 0.25) is 5.91 Å². The van der Waals surface area contributed by atoms with Crippen molar-refractivity contribution in [3.63, 3.8) is 0 Å². The standard InChI is InChI=1S/C21H27N5O4S2/c1-15-22-19(14-24(15)2)32(28,29)25-10-8-16(9-11-25)20(27)26(12-13-30-3)21-23-17-6-4-5-7-18(17)31-21/h4-7,14,16H,8-13H2,1-3H3. The molecule has 11 heteroatoms. The fraction of sp³-hybridized carbons (Fsp3) is 0.476. The number of ether oxygens (including phenoxy) is 1. The highest BCUT2D eigenvalue weighted by Gasteiger charge is 2.35. The highest BCUT2D eigenvalue weighted by Crippen LogP contribution is 2.31. The third kappa shape index (κ3) is 4.42. The number of imidazole rings is 1. The molecule has 172 valence electrons. The Hall–Kier alpha value is -2.34. The van der Waals surface area contributed by atoms with Crippen LogP contribution < -0.4 is 4.90 Å². The summed E-state index contributed by atoms with van der Waals surface area (Å²) in [6, 6.07) is 7.78. The molecular weight excluding hydrogens is 450 g/mol. The molecule has 3 aromatic rings. The van der Waals surface area contributed by atoms with E-state index in [4.69, 9.17) is 4.74 Å². The summed E-state index contributed by atoms with van der Waals surface area (Å²) in [6.07, 6.45) is 2.44. The number of hydrogen-bond donors (Lipinski definition) is 0. The molecule has 1 aromatic carbocycles. The van der Waals surface area contributed by atoms with E-state index < -0.39 is 10.0 Å². The van der Waals surface area contributed by atoms with Crippen molar-refractivity contribution in [2.75, 3.05) is 38.3 Å². The van der Waals surface area contributed by atoms with Gasteiger partial charge in [-0.15, -0.1) is 0 Å². The van der Waals surface area contributed by atoms with E-state index in [9.17, 15) is 13.2 Å². The number of amides is 1. The second-order valence-corrected chi connectivity index (χ2v) is 10.8. The van der Waals surface area contributed by atoms with Gasteiger partial charge in [0.25, 0.3) is 10.0 Å². The Morgan fingerprint density at radius 1 is 1.25 bits per heavy atom. The van der Waals surface area contributed by atoms with E-state index in [1.807, 2.05) is 24.3 Å². The molecule has 32 heavy (non-hydrogen) atoms. The van der Waals surface area contributed by atoms with Crippen molar-refractivity contribution in [2.24, 2.45) is 13.0 Å². The average Bonchev–Trinajstić information content (AvgIpc) is 3.37. The molecule has 1 amide bonds. The van der Waals surface area contributed by atoms with E-state index in [-0.39, 0.29) is 29.9 Å². The van der Waals surface area contributed by atoms with Crippen molar-refractivity contribution >= 4 is 42.6 Å². The van der Waals surface area contributed by atoms with E-state index in [0.29, 0.717) is 36.9 Å². The van der Waals surface area contributed by atoms with E-state index in [1.165, 1.54) is 21.8 Å². The molecule has 0 bridgehead atoms. The van der Waals surface area contributed by atoms with Crippen molar-refractivity contribution in [1.82, 2.24) is 18.8 Å². The van der Waals surface area contributed by atoms with Crippen LogP contribution in [-0.4, -0.2) is 66.5 Å². The maximum absolute atomic E-state index is 13.4. The summed E-state index contributed by atoms with van der Waals surface area (Å²) in [4.78, 5) is 23.9. The fourth-order valence-corrected chi connectivity index (χ4v) is 6.30. The Labute approximate surface area is 191 Å². The zero-order valence-electron chi connectivity index (χ0n) is 18.4. The third-order valence-electron chi connectivity index (χ3n) is 5.79. The van der Waals surface area contributed by atoms with Crippen LogP contribution >= 0.6 is 11.3 Å². The molecule has 0 aliphatic carbocycles. The molecule has 1 saturated heterocycles. The Kier molecular flexibility index (Phi) is 6.61. The fourth-order valence-electron chi connectivity index (χ4n) is 3.80. The van der Waals surface area contributed by atoms with Crippen LogP contribution in [-0.2, 0) is 26.6 Å². The first-order valence-corrected chi connectivity index (χ1v) is 12.7. The zero-order chi connectivity index (χ0) is 22.9. The predicted molar refractivity (Wildman–Crippen MR) is 123 cm³/mol. The number of carbonyl (C=O) groups excluding carboxylic acids is 1. The molecule has 0 unspecified atom stereocenters. The zero-order valence-corrected chi connectivity index (χ0v) is 20.0. The van der Waals surface area contributed by atoms with Crippen molar-refractivity contribution in [1.29, 1.82) is 0 Å². The van der Waals surface area contributed by atoms with Gasteiger partial charge in [0.05, 0.1) is 23.4 Å². The first-order valence-electron chi connectivity index (χ1n) is 10.5. The molecule has 0 spiro atoms. The minimum Gasteiger partial charge on any atom is -0.383 e. The summed E-state index contributed by atoms with van der Waals surface area (Å²) in [5, 5.41) is 0.700. The Bertz CT molecular complexity index is 1160. The minimum atomic E-state index is -3.67. The number of para-hydroxylation sites is 1. The number of hydrogen-bond acceptors (Lipinski definition) is 7. The molecular formula is C21H27N5O4S2. The predicted octanol–water partition coefficient (Wildman–Crippen LogP) is 2.42. The lowest BCUT2D eigenvalue weighted by Gasteiger charge is -2.32. The topological polar surface area (TPSA) is 97.6 Å². The highest BCUT2D eigenvalue weighted by atomic mass is 32.2. The molecule has 1 fully saturated rings. The van der Waals surface area contributed by atoms with Crippen molar-refractivity contribution in [2.45, 2.75) is 24.8 Å². The summed E-state index contributed by atoms with van der Waals surface area (Å²) in [6.45, 7) is 3.13. The molecule has 9 nitrogen and oxygen atoms in total. The Morgan fingerprint density at radius 2 is 1.97 bits per heavy atom. The number of nitrogens with zero attached hydrogens (tertiary/aromatic N) is 5. The van der Waals surface area contributed by atoms with Crippen molar-refractivity contribution in [3.05, 3.63) is 36.3 Å². The molecule has 0 N–H and O–H groups in total. The quantitative estimate of drug-likeness (QED) is 0.518. The van der Waals surface area contributed by atoms with Gasteiger partial charge in [-0.1, -0.05) is 23.5 Å². The maximum Gasteiger partial charge on any atom is 0.262 e.